The van der Waals surface area contributed by atoms with E-state index in [0.29, 0.717) is 22.9 Å². The van der Waals surface area contributed by atoms with Crippen molar-refractivity contribution in [2.24, 2.45) is 0 Å². The van der Waals surface area contributed by atoms with Crippen LogP contribution in [-0.2, 0) is 29.2 Å². The molecular weight excluding hydrogens is 466 g/mol. The van der Waals surface area contributed by atoms with Crippen LogP contribution in [0.3, 0.4) is 0 Å². The molecule has 1 atom stereocenters. The van der Waals surface area contributed by atoms with Crippen LogP contribution in [0.25, 0.3) is 0 Å². The number of rotatable bonds is 6. The number of sulfone groups is 1. The number of hydrogen-bond donors (Lipinski definition) is 0. The Morgan fingerprint density at radius 2 is 1.83 bits per heavy atom. The van der Waals surface area contributed by atoms with Crippen LogP contribution in [0.1, 0.15) is 28.3 Å². The average Bonchev–Trinajstić information content (AvgIpc) is 3.34. The van der Waals surface area contributed by atoms with Gasteiger partial charge in [0, 0.05) is 24.7 Å². The fourth-order valence-corrected chi connectivity index (χ4v) is 6.42. The Hall–Kier alpha value is -3.23. The van der Waals surface area contributed by atoms with E-state index in [4.69, 9.17) is 18.9 Å². The lowest BCUT2D eigenvalue weighted by Gasteiger charge is -2.42. The first kappa shape index (κ1) is 22.2. The van der Waals surface area contributed by atoms with Crippen molar-refractivity contribution in [1.29, 1.82) is 0 Å². The fraction of sp³-hybridized carbons (Fsp3) is 0.333. The molecule has 3 heterocycles. The van der Waals surface area contributed by atoms with E-state index in [1.165, 1.54) is 16.7 Å². The molecular formula is C27H27NO6S. The van der Waals surface area contributed by atoms with E-state index in [1.807, 2.05) is 6.07 Å². The number of methoxy groups -OCH3 is 1. The third kappa shape index (κ3) is 4.00. The zero-order valence-electron chi connectivity index (χ0n) is 19.5. The second-order valence-electron chi connectivity index (χ2n) is 9.06. The molecule has 6 rings (SSSR count). The summed E-state index contributed by atoms with van der Waals surface area (Å²) < 4.78 is 48.4. The van der Waals surface area contributed by atoms with Crippen LogP contribution >= 0.6 is 0 Å². The molecule has 0 fully saturated rings. The van der Waals surface area contributed by atoms with Crippen molar-refractivity contribution in [1.82, 2.24) is 4.90 Å². The Bertz CT molecular complexity index is 1370. The molecule has 0 aliphatic carbocycles. The van der Waals surface area contributed by atoms with Crippen molar-refractivity contribution in [2.45, 2.75) is 30.3 Å². The van der Waals surface area contributed by atoms with Gasteiger partial charge in [0.1, 0.15) is 6.61 Å². The first-order valence-corrected chi connectivity index (χ1v) is 13.4. The van der Waals surface area contributed by atoms with E-state index in [9.17, 15) is 8.42 Å². The SMILES string of the molecule is COc1ccc2c(c1OCCS(=O)(=O)c1ccccc1)CN1CCc3cc4c(cc3C1C2)OCO4. The molecule has 0 amide bonds. The minimum absolute atomic E-state index is 0.0553. The number of benzene rings is 3. The summed E-state index contributed by atoms with van der Waals surface area (Å²) in [4.78, 5) is 2.77. The van der Waals surface area contributed by atoms with E-state index < -0.39 is 9.84 Å². The van der Waals surface area contributed by atoms with Gasteiger partial charge in [0.15, 0.2) is 32.8 Å². The van der Waals surface area contributed by atoms with Crippen LogP contribution in [0, 0.1) is 0 Å². The highest BCUT2D eigenvalue weighted by atomic mass is 32.2. The van der Waals surface area contributed by atoms with Crippen molar-refractivity contribution >= 4 is 9.84 Å². The van der Waals surface area contributed by atoms with Crippen LogP contribution < -0.4 is 18.9 Å². The zero-order valence-corrected chi connectivity index (χ0v) is 20.3. The van der Waals surface area contributed by atoms with Crippen LogP contribution in [0.2, 0.25) is 0 Å². The van der Waals surface area contributed by atoms with E-state index in [-0.39, 0.29) is 25.2 Å². The third-order valence-corrected chi connectivity index (χ3v) is 8.81. The quantitative estimate of drug-likeness (QED) is 0.515. The highest BCUT2D eigenvalue weighted by molar-refractivity contribution is 7.91. The van der Waals surface area contributed by atoms with E-state index in [1.54, 1.807) is 37.4 Å². The third-order valence-electron chi connectivity index (χ3n) is 7.12. The summed E-state index contributed by atoms with van der Waals surface area (Å²) in [7, 11) is -1.82. The van der Waals surface area contributed by atoms with Gasteiger partial charge in [-0.15, -0.1) is 0 Å². The van der Waals surface area contributed by atoms with Gasteiger partial charge >= 0.3 is 0 Å². The standard InChI is InChI=1S/C27H27NO6S/c1-31-24-8-7-18-13-23-21-15-26-25(33-17-34-26)14-19(21)9-10-28(23)16-22(18)27(24)32-11-12-35(29,30)20-5-3-2-4-6-20/h2-8,14-15,23H,9-13,16-17H2,1H3. The zero-order chi connectivity index (χ0) is 24.0. The average molecular weight is 494 g/mol. The van der Waals surface area contributed by atoms with Gasteiger partial charge in [-0.25, -0.2) is 8.42 Å². The highest BCUT2D eigenvalue weighted by Crippen LogP contribution is 2.46. The Morgan fingerprint density at radius 3 is 2.63 bits per heavy atom. The molecule has 3 aromatic rings. The fourth-order valence-electron chi connectivity index (χ4n) is 5.31. The number of nitrogens with zero attached hydrogens (tertiary/aromatic N) is 1. The number of hydrogen-bond acceptors (Lipinski definition) is 7. The van der Waals surface area contributed by atoms with Crippen molar-refractivity contribution in [2.75, 3.05) is 32.8 Å². The van der Waals surface area contributed by atoms with Crippen molar-refractivity contribution in [3.8, 4) is 23.0 Å². The predicted molar refractivity (Wildman–Crippen MR) is 130 cm³/mol. The smallest absolute Gasteiger partial charge is 0.231 e. The Labute approximate surface area is 205 Å². The van der Waals surface area contributed by atoms with Crippen LogP contribution in [0.5, 0.6) is 23.0 Å². The van der Waals surface area contributed by atoms with Gasteiger partial charge in [0.05, 0.1) is 17.8 Å². The molecule has 1 unspecified atom stereocenters. The van der Waals surface area contributed by atoms with Gasteiger partial charge in [-0.05, 0) is 59.9 Å². The minimum Gasteiger partial charge on any atom is -0.493 e. The molecule has 0 saturated heterocycles. The van der Waals surface area contributed by atoms with Crippen LogP contribution in [-0.4, -0.2) is 46.1 Å². The Morgan fingerprint density at radius 1 is 1.03 bits per heavy atom. The topological polar surface area (TPSA) is 74.3 Å². The lowest BCUT2D eigenvalue weighted by molar-refractivity contribution is 0.156. The van der Waals surface area contributed by atoms with Gasteiger partial charge < -0.3 is 18.9 Å². The monoisotopic (exact) mass is 493 g/mol. The maximum Gasteiger partial charge on any atom is 0.231 e. The maximum atomic E-state index is 12.7. The molecule has 7 nitrogen and oxygen atoms in total. The van der Waals surface area contributed by atoms with Gasteiger partial charge in [-0.1, -0.05) is 24.3 Å². The Balaban J connectivity index is 1.26. The molecule has 0 bridgehead atoms. The van der Waals surface area contributed by atoms with Crippen molar-refractivity contribution < 1.29 is 27.4 Å². The summed E-state index contributed by atoms with van der Waals surface area (Å²) in [5.41, 5.74) is 4.87. The molecule has 0 aromatic heterocycles. The van der Waals surface area contributed by atoms with Crippen LogP contribution in [0.15, 0.2) is 59.5 Å². The van der Waals surface area contributed by atoms with Gasteiger partial charge in [-0.2, -0.15) is 0 Å². The molecule has 8 heteroatoms. The van der Waals surface area contributed by atoms with Gasteiger partial charge in [0.25, 0.3) is 0 Å². The summed E-state index contributed by atoms with van der Waals surface area (Å²) in [6.07, 6.45) is 1.78. The molecule has 0 spiro atoms. The molecule has 0 N–H and O–H groups in total. The molecule has 3 aliphatic rings. The number of ether oxygens (including phenoxy) is 4. The normalized spacial score (nSPS) is 18.4. The Kier molecular flexibility index (Phi) is 5.57. The first-order valence-electron chi connectivity index (χ1n) is 11.8. The molecule has 0 radical (unpaired) electrons. The van der Waals surface area contributed by atoms with E-state index >= 15 is 0 Å². The summed E-state index contributed by atoms with van der Waals surface area (Å²) in [6.45, 7) is 1.97. The van der Waals surface area contributed by atoms with Crippen LogP contribution in [0.4, 0.5) is 0 Å². The summed E-state index contributed by atoms with van der Waals surface area (Å²) in [5, 5.41) is 0. The van der Waals surface area contributed by atoms with Crippen molar-refractivity contribution in [3.63, 3.8) is 0 Å². The molecule has 0 saturated carbocycles. The first-order chi connectivity index (χ1) is 17.0. The molecule has 3 aliphatic heterocycles. The highest BCUT2D eigenvalue weighted by Gasteiger charge is 2.35. The molecule has 182 valence electrons. The van der Waals surface area contributed by atoms with Crippen molar-refractivity contribution in [3.05, 3.63) is 76.9 Å². The predicted octanol–water partition coefficient (Wildman–Crippen LogP) is 3.93. The number of fused-ring (bicyclic) bond motifs is 5. The van der Waals surface area contributed by atoms with E-state index in [2.05, 4.69) is 23.1 Å². The molecule has 35 heavy (non-hydrogen) atoms. The second kappa shape index (κ2) is 8.77. The summed E-state index contributed by atoms with van der Waals surface area (Å²) in [5.74, 6) is 2.81. The summed E-state index contributed by atoms with van der Waals surface area (Å²) in [6, 6.07) is 17.0. The van der Waals surface area contributed by atoms with E-state index in [0.717, 1.165) is 36.4 Å². The van der Waals surface area contributed by atoms with Gasteiger partial charge in [0.2, 0.25) is 6.79 Å². The largest absolute Gasteiger partial charge is 0.493 e. The minimum atomic E-state index is -3.43. The van der Waals surface area contributed by atoms with Gasteiger partial charge in [-0.3, -0.25) is 4.90 Å². The maximum absolute atomic E-state index is 12.7. The second-order valence-corrected chi connectivity index (χ2v) is 11.2. The lowest BCUT2D eigenvalue weighted by atomic mass is 9.83. The lowest BCUT2D eigenvalue weighted by Crippen LogP contribution is -2.39. The summed E-state index contributed by atoms with van der Waals surface area (Å²) >= 11 is 0. The molecule has 3 aromatic carbocycles.